The number of carbonyl (C=O) groups is 1. The summed E-state index contributed by atoms with van der Waals surface area (Å²) in [6, 6.07) is 5.05. The lowest BCUT2D eigenvalue weighted by atomic mass is 10.0. The topological polar surface area (TPSA) is 46.5 Å². The molecule has 0 aromatic heterocycles. The predicted molar refractivity (Wildman–Crippen MR) is 49.1 cm³/mol. The third kappa shape index (κ3) is 1.26. The normalized spacial score (nSPS) is 25.6. The third-order valence-electron chi connectivity index (χ3n) is 1.99. The molecule has 2 rings (SSSR count). The van der Waals surface area contributed by atoms with Crippen molar-refractivity contribution >= 4 is 21.9 Å². The van der Waals surface area contributed by atoms with Gasteiger partial charge in [-0.1, -0.05) is 15.9 Å². The van der Waals surface area contributed by atoms with Gasteiger partial charge in [-0.25, -0.2) is 4.79 Å². The smallest absolute Gasteiger partial charge is 0.341 e. The maximum Gasteiger partial charge on any atom is 0.341 e. The van der Waals surface area contributed by atoms with Crippen molar-refractivity contribution in [2.75, 3.05) is 0 Å². The Morgan fingerprint density at radius 3 is 2.92 bits per heavy atom. The van der Waals surface area contributed by atoms with Crippen LogP contribution in [-0.2, 0) is 10.5 Å². The number of hydrogen-bond acceptors (Lipinski definition) is 3. The van der Waals surface area contributed by atoms with Gasteiger partial charge < -0.3 is 9.84 Å². The van der Waals surface area contributed by atoms with Crippen LogP contribution < -0.4 is 0 Å². The Kier molecular flexibility index (Phi) is 1.72. The van der Waals surface area contributed by atoms with Gasteiger partial charge in [0, 0.05) is 17.0 Å². The average molecular weight is 243 g/mol. The molecule has 1 unspecified atom stereocenters. The molecule has 0 radical (unpaired) electrons. The van der Waals surface area contributed by atoms with Crippen LogP contribution in [0.5, 0.6) is 0 Å². The second kappa shape index (κ2) is 2.56. The van der Waals surface area contributed by atoms with E-state index in [4.69, 9.17) is 4.74 Å². The molecule has 1 aromatic carbocycles. The summed E-state index contributed by atoms with van der Waals surface area (Å²) in [5.41, 5.74) is 0.931. The molecule has 1 aliphatic rings. The van der Waals surface area contributed by atoms with Gasteiger partial charge in [0.25, 0.3) is 0 Å². The molecule has 1 aromatic rings. The fourth-order valence-electron chi connectivity index (χ4n) is 1.37. The number of aliphatic hydroxyl groups is 1. The zero-order valence-electron chi connectivity index (χ0n) is 6.87. The van der Waals surface area contributed by atoms with E-state index in [1.54, 1.807) is 18.2 Å². The summed E-state index contributed by atoms with van der Waals surface area (Å²) in [4.78, 5) is 11.2. The first-order valence-electron chi connectivity index (χ1n) is 3.76. The highest BCUT2D eigenvalue weighted by Gasteiger charge is 2.39. The van der Waals surface area contributed by atoms with E-state index in [0.717, 1.165) is 4.47 Å². The Morgan fingerprint density at radius 1 is 1.54 bits per heavy atom. The summed E-state index contributed by atoms with van der Waals surface area (Å²) in [6.45, 7) is 1.45. The third-order valence-corrected chi connectivity index (χ3v) is 2.49. The summed E-state index contributed by atoms with van der Waals surface area (Å²) in [6.07, 6.45) is 0. The van der Waals surface area contributed by atoms with Crippen LogP contribution in [0.4, 0.5) is 0 Å². The Hall–Kier alpha value is -0.870. The molecule has 0 fully saturated rings. The van der Waals surface area contributed by atoms with Crippen molar-refractivity contribution in [3.63, 3.8) is 0 Å². The summed E-state index contributed by atoms with van der Waals surface area (Å²) in [5, 5.41) is 9.68. The van der Waals surface area contributed by atoms with E-state index in [2.05, 4.69) is 15.9 Å². The van der Waals surface area contributed by atoms with Gasteiger partial charge in [0.15, 0.2) is 0 Å². The fraction of sp³-hybridized carbons (Fsp3) is 0.222. The van der Waals surface area contributed by atoms with Gasteiger partial charge in [0.2, 0.25) is 5.79 Å². The van der Waals surface area contributed by atoms with E-state index in [-0.39, 0.29) is 0 Å². The molecule has 13 heavy (non-hydrogen) atoms. The van der Waals surface area contributed by atoms with Crippen LogP contribution in [0.3, 0.4) is 0 Å². The molecule has 0 saturated carbocycles. The summed E-state index contributed by atoms with van der Waals surface area (Å²) in [7, 11) is 0. The van der Waals surface area contributed by atoms with Crippen molar-refractivity contribution < 1.29 is 14.6 Å². The largest absolute Gasteiger partial charge is 0.425 e. The first-order valence-corrected chi connectivity index (χ1v) is 4.56. The van der Waals surface area contributed by atoms with Gasteiger partial charge in [-0.2, -0.15) is 0 Å². The van der Waals surface area contributed by atoms with Gasteiger partial charge in [0.1, 0.15) is 0 Å². The van der Waals surface area contributed by atoms with Gasteiger partial charge in [-0.05, 0) is 18.2 Å². The fourth-order valence-corrected chi connectivity index (χ4v) is 1.73. The first-order chi connectivity index (χ1) is 6.00. The molecule has 1 atom stereocenters. The standard InChI is InChI=1S/C9H7BrO3/c1-9(12)7-4-5(10)2-3-6(7)8(11)13-9/h2-4,12H,1H3. The highest BCUT2D eigenvalue weighted by atomic mass is 79.9. The van der Waals surface area contributed by atoms with Crippen LogP contribution in [0.25, 0.3) is 0 Å². The van der Waals surface area contributed by atoms with Crippen LogP contribution in [0.1, 0.15) is 22.8 Å². The number of carbonyl (C=O) groups excluding carboxylic acids is 1. The van der Waals surface area contributed by atoms with Crippen LogP contribution in [0, 0.1) is 0 Å². The van der Waals surface area contributed by atoms with E-state index >= 15 is 0 Å². The second-order valence-corrected chi connectivity index (χ2v) is 3.98. The lowest BCUT2D eigenvalue weighted by Crippen LogP contribution is -2.20. The van der Waals surface area contributed by atoms with E-state index in [1.165, 1.54) is 6.92 Å². The zero-order chi connectivity index (χ0) is 9.64. The molecule has 0 spiro atoms. The maximum absolute atomic E-state index is 11.2. The molecule has 1 N–H and O–H groups in total. The summed E-state index contributed by atoms with van der Waals surface area (Å²) < 4.78 is 5.58. The molecule has 1 heterocycles. The number of fused-ring (bicyclic) bond motifs is 1. The predicted octanol–water partition coefficient (Wildman–Crippen LogP) is 1.78. The molecule has 1 aliphatic heterocycles. The van der Waals surface area contributed by atoms with Crippen molar-refractivity contribution in [1.82, 2.24) is 0 Å². The number of benzene rings is 1. The van der Waals surface area contributed by atoms with Gasteiger partial charge >= 0.3 is 5.97 Å². The number of cyclic esters (lactones) is 1. The number of hydrogen-bond donors (Lipinski definition) is 1. The van der Waals surface area contributed by atoms with Crippen LogP contribution in [-0.4, -0.2) is 11.1 Å². The lowest BCUT2D eigenvalue weighted by molar-refractivity contribution is -0.147. The van der Waals surface area contributed by atoms with Crippen molar-refractivity contribution in [3.05, 3.63) is 33.8 Å². The minimum atomic E-state index is -1.49. The van der Waals surface area contributed by atoms with Gasteiger partial charge in [0.05, 0.1) is 5.56 Å². The maximum atomic E-state index is 11.2. The van der Waals surface area contributed by atoms with E-state index in [1.807, 2.05) is 0 Å². The van der Waals surface area contributed by atoms with E-state index < -0.39 is 11.8 Å². The number of esters is 1. The molecule has 68 valence electrons. The minimum Gasteiger partial charge on any atom is -0.425 e. The average Bonchev–Trinajstić information content (AvgIpc) is 2.23. The Balaban J connectivity index is 2.66. The molecule has 0 bridgehead atoms. The number of ether oxygens (including phenoxy) is 1. The van der Waals surface area contributed by atoms with Crippen molar-refractivity contribution in [2.24, 2.45) is 0 Å². The van der Waals surface area contributed by atoms with Crippen molar-refractivity contribution in [2.45, 2.75) is 12.7 Å². The monoisotopic (exact) mass is 242 g/mol. The highest BCUT2D eigenvalue weighted by molar-refractivity contribution is 9.10. The SMILES string of the molecule is CC1(O)OC(=O)c2ccc(Br)cc21. The van der Waals surface area contributed by atoms with Gasteiger partial charge in [-0.15, -0.1) is 0 Å². The molecular formula is C9H7BrO3. The molecular weight excluding hydrogens is 236 g/mol. The number of rotatable bonds is 0. The molecule has 4 heteroatoms. The van der Waals surface area contributed by atoms with E-state index in [9.17, 15) is 9.90 Å². The number of halogens is 1. The van der Waals surface area contributed by atoms with Crippen molar-refractivity contribution in [1.29, 1.82) is 0 Å². The molecule has 0 amide bonds. The van der Waals surface area contributed by atoms with Crippen LogP contribution in [0.2, 0.25) is 0 Å². The first kappa shape index (κ1) is 8.72. The Bertz CT molecular complexity index is 384. The Morgan fingerprint density at radius 2 is 2.23 bits per heavy atom. The summed E-state index contributed by atoms with van der Waals surface area (Å²) >= 11 is 3.26. The minimum absolute atomic E-state index is 0.424. The lowest BCUT2D eigenvalue weighted by Gasteiger charge is -2.15. The summed E-state index contributed by atoms with van der Waals surface area (Å²) in [5.74, 6) is -1.97. The quantitative estimate of drug-likeness (QED) is 0.706. The second-order valence-electron chi connectivity index (χ2n) is 3.06. The Labute approximate surface area is 83.5 Å². The molecule has 0 saturated heterocycles. The highest BCUT2D eigenvalue weighted by Crippen LogP contribution is 2.35. The molecule has 0 aliphatic carbocycles. The van der Waals surface area contributed by atoms with E-state index in [0.29, 0.717) is 11.1 Å². The molecule has 3 nitrogen and oxygen atoms in total. The van der Waals surface area contributed by atoms with Crippen LogP contribution in [0.15, 0.2) is 22.7 Å². The zero-order valence-corrected chi connectivity index (χ0v) is 8.46. The van der Waals surface area contributed by atoms with Crippen LogP contribution >= 0.6 is 15.9 Å². The van der Waals surface area contributed by atoms with Crippen molar-refractivity contribution in [3.8, 4) is 0 Å². The van der Waals surface area contributed by atoms with Gasteiger partial charge in [-0.3, -0.25) is 0 Å².